The Kier molecular flexibility index (Phi) is 3.17. The van der Waals surface area contributed by atoms with Crippen LogP contribution in [0.5, 0.6) is 0 Å². The minimum Gasteiger partial charge on any atom is -0.362 e. The fraction of sp³-hybridized carbons (Fsp3) is 0.235. The van der Waals surface area contributed by atoms with Gasteiger partial charge in [0.15, 0.2) is 5.78 Å². The topological polar surface area (TPSA) is 42.1 Å². The number of hydrogen-bond acceptors (Lipinski definition) is 3. The van der Waals surface area contributed by atoms with Crippen LogP contribution in [0.4, 0.5) is 0 Å². The molecule has 3 nitrogen and oxygen atoms in total. The molecule has 0 aromatic heterocycles. The lowest BCUT2D eigenvalue weighted by Crippen LogP contribution is -2.13. The number of rotatable bonds is 4. The van der Waals surface area contributed by atoms with E-state index in [-0.39, 0.29) is 30.2 Å². The van der Waals surface area contributed by atoms with Gasteiger partial charge in [0.05, 0.1) is 0 Å². The summed E-state index contributed by atoms with van der Waals surface area (Å²) in [5, 5.41) is 0. The minimum absolute atomic E-state index is 0.0109. The molecule has 106 valence electrons. The molecule has 0 aliphatic carbocycles. The second-order valence-electron chi connectivity index (χ2n) is 5.32. The standard InChI is InChI=1S/C17H13BrO3/c18-12-8-6-10(7-9-12)13(19)15-17(21-15)16-14(20-16)11-4-2-1-3-5-11/h1-9,14-17H/t14-,15+,16+,17-/m1/s1. The third-order valence-corrected chi connectivity index (χ3v) is 4.42. The van der Waals surface area contributed by atoms with E-state index in [9.17, 15) is 4.79 Å². The first kappa shape index (κ1) is 13.2. The predicted octanol–water partition coefficient (Wildman–Crippen LogP) is 3.54. The summed E-state index contributed by atoms with van der Waals surface area (Å²) in [5.74, 6) is 0.0369. The normalized spacial score (nSPS) is 30.0. The van der Waals surface area contributed by atoms with E-state index in [1.807, 2.05) is 54.6 Å². The Morgan fingerprint density at radius 2 is 1.62 bits per heavy atom. The Balaban J connectivity index is 1.41. The number of halogens is 1. The highest BCUT2D eigenvalue weighted by molar-refractivity contribution is 9.10. The lowest BCUT2D eigenvalue weighted by atomic mass is 10.0. The van der Waals surface area contributed by atoms with E-state index < -0.39 is 0 Å². The summed E-state index contributed by atoms with van der Waals surface area (Å²) in [6, 6.07) is 17.4. The van der Waals surface area contributed by atoms with E-state index in [0.29, 0.717) is 5.56 Å². The molecule has 2 fully saturated rings. The van der Waals surface area contributed by atoms with Gasteiger partial charge in [-0.3, -0.25) is 4.79 Å². The van der Waals surface area contributed by atoms with Crippen molar-refractivity contribution >= 4 is 21.7 Å². The van der Waals surface area contributed by atoms with Crippen LogP contribution in [-0.2, 0) is 9.47 Å². The fourth-order valence-corrected chi connectivity index (χ4v) is 2.91. The van der Waals surface area contributed by atoms with Gasteiger partial charge in [-0.25, -0.2) is 0 Å². The molecule has 4 atom stereocenters. The van der Waals surface area contributed by atoms with Gasteiger partial charge in [-0.1, -0.05) is 58.4 Å². The van der Waals surface area contributed by atoms with Crippen LogP contribution in [0, 0.1) is 0 Å². The van der Waals surface area contributed by atoms with Crippen LogP contribution in [0.3, 0.4) is 0 Å². The molecule has 2 aliphatic rings. The van der Waals surface area contributed by atoms with Gasteiger partial charge in [-0.15, -0.1) is 0 Å². The predicted molar refractivity (Wildman–Crippen MR) is 81.2 cm³/mol. The van der Waals surface area contributed by atoms with Gasteiger partial charge >= 0.3 is 0 Å². The summed E-state index contributed by atoms with van der Waals surface area (Å²) >= 11 is 3.36. The van der Waals surface area contributed by atoms with Crippen molar-refractivity contribution in [3.63, 3.8) is 0 Å². The molecule has 4 rings (SSSR count). The lowest BCUT2D eigenvalue weighted by Gasteiger charge is -1.97. The van der Waals surface area contributed by atoms with Crippen molar-refractivity contribution < 1.29 is 14.3 Å². The van der Waals surface area contributed by atoms with Gasteiger partial charge < -0.3 is 9.47 Å². The monoisotopic (exact) mass is 344 g/mol. The summed E-state index contributed by atoms with van der Waals surface area (Å²) in [7, 11) is 0. The van der Waals surface area contributed by atoms with Crippen molar-refractivity contribution in [2.45, 2.75) is 24.4 Å². The minimum atomic E-state index is -0.357. The van der Waals surface area contributed by atoms with Gasteiger partial charge in [0.2, 0.25) is 0 Å². The SMILES string of the molecule is O=C(c1ccc(Br)cc1)[C@@H]1O[C@H]1[C@H]1O[C@@H]1c1ccccc1. The van der Waals surface area contributed by atoms with Crippen LogP contribution in [0.25, 0.3) is 0 Å². The van der Waals surface area contributed by atoms with E-state index in [0.717, 1.165) is 10.0 Å². The first-order valence-corrected chi connectivity index (χ1v) is 7.69. The van der Waals surface area contributed by atoms with E-state index in [4.69, 9.17) is 9.47 Å². The molecule has 2 aliphatic heterocycles. The molecule has 0 spiro atoms. The van der Waals surface area contributed by atoms with Crippen molar-refractivity contribution in [1.29, 1.82) is 0 Å². The first-order valence-electron chi connectivity index (χ1n) is 6.90. The van der Waals surface area contributed by atoms with Crippen molar-refractivity contribution in [1.82, 2.24) is 0 Å². The number of Topliss-reactive ketones (excluding diaryl/α,β-unsaturated/α-hetero) is 1. The van der Waals surface area contributed by atoms with E-state index in [1.54, 1.807) is 0 Å². The highest BCUT2D eigenvalue weighted by Gasteiger charge is 2.60. The summed E-state index contributed by atoms with van der Waals surface area (Å²) in [5.41, 5.74) is 1.83. The molecule has 21 heavy (non-hydrogen) atoms. The molecule has 0 bridgehead atoms. The average molecular weight is 345 g/mol. The zero-order valence-electron chi connectivity index (χ0n) is 11.1. The number of carbonyl (C=O) groups excluding carboxylic acids is 1. The summed E-state index contributed by atoms with van der Waals surface area (Å²) in [6.45, 7) is 0. The Morgan fingerprint density at radius 1 is 0.905 bits per heavy atom. The number of epoxide rings is 2. The third-order valence-electron chi connectivity index (χ3n) is 3.89. The molecular weight excluding hydrogens is 332 g/mol. The van der Waals surface area contributed by atoms with Gasteiger partial charge in [-0.2, -0.15) is 0 Å². The van der Waals surface area contributed by atoms with Crippen molar-refractivity contribution in [3.05, 3.63) is 70.2 Å². The molecule has 0 amide bonds. The Labute approximate surface area is 131 Å². The smallest absolute Gasteiger partial charge is 0.194 e. The lowest BCUT2D eigenvalue weighted by molar-refractivity contribution is 0.0953. The molecule has 4 heteroatoms. The molecular formula is C17H13BrO3. The third kappa shape index (κ3) is 2.55. The highest BCUT2D eigenvalue weighted by atomic mass is 79.9. The molecule has 0 N–H and O–H groups in total. The van der Waals surface area contributed by atoms with Crippen LogP contribution in [0.15, 0.2) is 59.1 Å². The Hall–Kier alpha value is -1.49. The van der Waals surface area contributed by atoms with E-state index >= 15 is 0 Å². The maximum Gasteiger partial charge on any atom is 0.194 e. The van der Waals surface area contributed by atoms with Crippen LogP contribution < -0.4 is 0 Å². The van der Waals surface area contributed by atoms with Crippen LogP contribution in [-0.4, -0.2) is 24.1 Å². The Morgan fingerprint density at radius 3 is 2.33 bits per heavy atom. The summed E-state index contributed by atoms with van der Waals surface area (Å²) in [4.78, 5) is 12.3. The molecule has 2 heterocycles. The molecule has 2 saturated heterocycles. The molecule has 0 radical (unpaired) electrons. The van der Waals surface area contributed by atoms with Crippen LogP contribution in [0.1, 0.15) is 22.0 Å². The summed E-state index contributed by atoms with van der Waals surface area (Å²) in [6.07, 6.45) is -0.382. The van der Waals surface area contributed by atoms with Gasteiger partial charge in [-0.05, 0) is 17.7 Å². The number of ketones is 1. The van der Waals surface area contributed by atoms with E-state index in [2.05, 4.69) is 15.9 Å². The van der Waals surface area contributed by atoms with Gasteiger partial charge in [0.1, 0.15) is 24.4 Å². The highest BCUT2D eigenvalue weighted by Crippen LogP contribution is 2.48. The molecule has 0 unspecified atom stereocenters. The number of ether oxygens (including phenoxy) is 2. The van der Waals surface area contributed by atoms with Gasteiger partial charge in [0, 0.05) is 10.0 Å². The first-order chi connectivity index (χ1) is 10.2. The zero-order valence-corrected chi connectivity index (χ0v) is 12.7. The average Bonchev–Trinajstić information content (AvgIpc) is 3.40. The van der Waals surface area contributed by atoms with Gasteiger partial charge in [0.25, 0.3) is 0 Å². The Bertz CT molecular complexity index is 668. The van der Waals surface area contributed by atoms with E-state index in [1.165, 1.54) is 0 Å². The maximum absolute atomic E-state index is 12.3. The molecule has 2 aromatic carbocycles. The number of hydrogen-bond donors (Lipinski definition) is 0. The fourth-order valence-electron chi connectivity index (χ4n) is 2.65. The number of benzene rings is 2. The summed E-state index contributed by atoms with van der Waals surface area (Å²) < 4.78 is 12.2. The largest absolute Gasteiger partial charge is 0.362 e. The second-order valence-corrected chi connectivity index (χ2v) is 6.24. The van der Waals surface area contributed by atoms with Crippen LogP contribution >= 0.6 is 15.9 Å². The van der Waals surface area contributed by atoms with Crippen molar-refractivity contribution in [2.24, 2.45) is 0 Å². The maximum atomic E-state index is 12.3. The number of carbonyl (C=O) groups is 1. The molecule has 0 saturated carbocycles. The van der Waals surface area contributed by atoms with Crippen molar-refractivity contribution in [3.8, 4) is 0 Å². The van der Waals surface area contributed by atoms with Crippen LogP contribution in [0.2, 0.25) is 0 Å². The van der Waals surface area contributed by atoms with Crippen molar-refractivity contribution in [2.75, 3.05) is 0 Å². The zero-order chi connectivity index (χ0) is 14.4. The molecule has 2 aromatic rings. The second kappa shape index (κ2) is 5.05. The quantitative estimate of drug-likeness (QED) is 0.629.